The van der Waals surface area contributed by atoms with Crippen LogP contribution in [0.1, 0.15) is 76.6 Å². The summed E-state index contributed by atoms with van der Waals surface area (Å²) in [5, 5.41) is 22.2. The molecule has 430 valence electrons. The van der Waals surface area contributed by atoms with Gasteiger partial charge in [-0.1, -0.05) is 89.9 Å². The van der Waals surface area contributed by atoms with E-state index in [0.29, 0.717) is 29.7 Å². The van der Waals surface area contributed by atoms with Crippen molar-refractivity contribution in [1.29, 1.82) is 0 Å². The molecule has 16 N–H and O–H groups in total. The second kappa shape index (κ2) is 28.7. The van der Waals surface area contributed by atoms with Gasteiger partial charge in [-0.3, -0.25) is 48.1 Å². The average molecular weight is 1140 g/mol. The fourth-order valence-electron chi connectivity index (χ4n) is 8.86. The standard InChI is InChI=1S/C52H70N16O10S2/c1-5-6-18-40(68-49(77)52(3,4)67-51(68)78)48(76)66-39-26-80-79-25-38(41(53)69)65-45(73)36(21-30-23-58-33-16-11-10-15-32(30)33)64-43(71)34(17-12-19-57-50(54)55)61-44(72)35(20-29-13-8-7-9-14-29)63-46(74)37(22-31-24-56-27-59-31)62-42(70)28(2)60-47(39)75/h7-11,13-16,23-24,27-28,34-40,58H,5-6,12,17-22,25-26H2,1-4H3,(H2,53,69)(H,56,59)(H,60,75)(H,61,72)(H,62,70)(H,63,74)(H,64,71)(H,65,73)(H,66,76)(H,67,78)(H4,54,55,57)/t28-,34+,35-,36+,37+,38+,39+,40?/m1/s1. The SMILES string of the molecule is CCCCC(C(=O)N[C@H]1CSSC[C@@H](C(N)=O)NC(=O)[C@H](Cc2c[nH]c3ccccc23)NC(=O)[C@H](CCCN=C(N)N)NC(=O)[C@@H](Cc2ccccc2)NC(=O)[C@H](Cc2cnc[nH]2)NC(=O)[C@@H](C)NC1=O)N1C(=O)NC(C)(C)C1=O. The number of primary amides is 1. The zero-order valence-electron chi connectivity index (χ0n) is 44.8. The number of imidazole rings is 1. The molecule has 8 atom stereocenters. The first kappa shape index (κ1) is 61.1. The predicted molar refractivity (Wildman–Crippen MR) is 300 cm³/mol. The van der Waals surface area contributed by atoms with E-state index in [1.54, 1.807) is 42.6 Å². The molecule has 0 saturated carbocycles. The van der Waals surface area contributed by atoms with Crippen LogP contribution in [-0.4, -0.2) is 157 Å². The Kier molecular flexibility index (Phi) is 21.9. The van der Waals surface area contributed by atoms with Crippen molar-refractivity contribution in [2.24, 2.45) is 22.2 Å². The zero-order valence-corrected chi connectivity index (χ0v) is 46.4. The predicted octanol–water partition coefficient (Wildman–Crippen LogP) is -0.844. The number of imide groups is 1. The Labute approximate surface area is 469 Å². The molecule has 1 unspecified atom stereocenters. The highest BCUT2D eigenvalue weighted by molar-refractivity contribution is 8.76. The lowest BCUT2D eigenvalue weighted by molar-refractivity contribution is -0.139. The van der Waals surface area contributed by atoms with Gasteiger partial charge in [0.2, 0.25) is 47.3 Å². The zero-order chi connectivity index (χ0) is 58.1. The van der Waals surface area contributed by atoms with Gasteiger partial charge in [0, 0.05) is 66.3 Å². The number of para-hydroxylation sites is 1. The molecule has 26 nitrogen and oxygen atoms in total. The number of nitrogens with one attached hydrogen (secondary N) is 10. The number of aromatic nitrogens is 3. The van der Waals surface area contributed by atoms with Crippen LogP contribution in [-0.2, 0) is 62.4 Å². The highest BCUT2D eigenvalue weighted by Gasteiger charge is 2.49. The number of urea groups is 1. The van der Waals surface area contributed by atoms with Crippen LogP contribution in [0.25, 0.3) is 10.9 Å². The summed E-state index contributed by atoms with van der Waals surface area (Å²) in [6.45, 7) is 6.25. The van der Waals surface area contributed by atoms with Crippen molar-refractivity contribution in [2.75, 3.05) is 18.1 Å². The minimum absolute atomic E-state index is 0.0542. The molecular weight excluding hydrogens is 1070 g/mol. The number of rotatable bonds is 17. The van der Waals surface area contributed by atoms with E-state index < -0.39 is 113 Å². The van der Waals surface area contributed by atoms with Gasteiger partial charge < -0.3 is 69.7 Å². The lowest BCUT2D eigenvalue weighted by Gasteiger charge is -2.28. The molecular formula is C52H70N16O10S2. The number of amides is 11. The fourth-order valence-corrected chi connectivity index (χ4v) is 11.2. The van der Waals surface area contributed by atoms with Crippen LogP contribution in [0.5, 0.6) is 0 Å². The van der Waals surface area contributed by atoms with Crippen LogP contribution < -0.4 is 59.7 Å². The van der Waals surface area contributed by atoms with Crippen LogP contribution in [0.4, 0.5) is 4.79 Å². The Hall–Kier alpha value is -8.14. The highest BCUT2D eigenvalue weighted by atomic mass is 33.1. The molecule has 2 fully saturated rings. The first-order valence-corrected chi connectivity index (χ1v) is 28.6. The number of nitrogens with two attached hydrogens (primary N) is 3. The number of carbonyl (C=O) groups excluding carboxylic acids is 10. The van der Waals surface area contributed by atoms with Crippen LogP contribution in [0.3, 0.4) is 0 Å². The third kappa shape index (κ3) is 16.9. The normalized spacial score (nSPS) is 23.3. The molecule has 4 heterocycles. The van der Waals surface area contributed by atoms with Crippen LogP contribution in [0.15, 0.2) is 78.3 Å². The van der Waals surface area contributed by atoms with Crippen molar-refractivity contribution in [3.63, 3.8) is 0 Å². The van der Waals surface area contributed by atoms with Gasteiger partial charge in [-0.15, -0.1) is 0 Å². The topological polar surface area (TPSA) is 405 Å². The Balaban J connectivity index is 1.38. The smallest absolute Gasteiger partial charge is 0.325 e. The Bertz CT molecular complexity index is 2900. The van der Waals surface area contributed by atoms with Gasteiger partial charge in [-0.05, 0) is 57.2 Å². The van der Waals surface area contributed by atoms with Gasteiger partial charge in [0.05, 0.1) is 6.33 Å². The Morgan fingerprint density at radius 1 is 0.750 bits per heavy atom. The first-order valence-electron chi connectivity index (χ1n) is 26.1. The van der Waals surface area contributed by atoms with E-state index in [1.165, 1.54) is 33.3 Å². The number of fused-ring (bicyclic) bond motifs is 1. The van der Waals surface area contributed by atoms with Crippen molar-refractivity contribution in [2.45, 2.75) is 133 Å². The van der Waals surface area contributed by atoms with E-state index in [0.717, 1.165) is 37.4 Å². The fraction of sp³-hybridized carbons (Fsp3) is 0.462. The molecule has 2 aliphatic rings. The van der Waals surface area contributed by atoms with E-state index in [1.807, 2.05) is 25.1 Å². The summed E-state index contributed by atoms with van der Waals surface area (Å²) in [5.41, 5.74) is 18.1. The van der Waals surface area contributed by atoms with E-state index >= 15 is 0 Å². The van der Waals surface area contributed by atoms with Crippen molar-refractivity contribution in [3.8, 4) is 0 Å². The van der Waals surface area contributed by atoms with Gasteiger partial charge in [0.25, 0.3) is 5.91 Å². The second-order valence-electron chi connectivity index (χ2n) is 19.9. The van der Waals surface area contributed by atoms with Gasteiger partial charge >= 0.3 is 6.03 Å². The number of H-pyrrole nitrogens is 2. The van der Waals surface area contributed by atoms with Gasteiger partial charge in [0.1, 0.15) is 53.9 Å². The van der Waals surface area contributed by atoms with E-state index in [-0.39, 0.29) is 62.5 Å². The molecule has 0 spiro atoms. The summed E-state index contributed by atoms with van der Waals surface area (Å²) < 4.78 is 0. The number of benzene rings is 2. The Morgan fingerprint density at radius 3 is 2.02 bits per heavy atom. The van der Waals surface area contributed by atoms with E-state index in [2.05, 4.69) is 62.5 Å². The third-order valence-corrected chi connectivity index (χ3v) is 15.7. The van der Waals surface area contributed by atoms with Crippen LogP contribution >= 0.6 is 21.6 Å². The number of aromatic amines is 2. The van der Waals surface area contributed by atoms with Gasteiger partial charge in [-0.2, -0.15) is 0 Å². The summed E-state index contributed by atoms with van der Waals surface area (Å²) >= 11 is 0. The maximum atomic E-state index is 14.7. The van der Waals surface area contributed by atoms with Crippen molar-refractivity contribution >= 4 is 97.6 Å². The van der Waals surface area contributed by atoms with Crippen LogP contribution in [0.2, 0.25) is 0 Å². The minimum Gasteiger partial charge on any atom is -0.370 e. The van der Waals surface area contributed by atoms with E-state index in [9.17, 15) is 47.9 Å². The quantitative estimate of drug-likeness (QED) is 0.0202. The molecule has 28 heteroatoms. The number of carbonyl (C=O) groups is 10. The molecule has 0 radical (unpaired) electrons. The number of guanidine groups is 1. The first-order chi connectivity index (χ1) is 38.1. The molecule has 0 aliphatic carbocycles. The molecule has 2 aromatic carbocycles. The maximum Gasteiger partial charge on any atom is 0.325 e. The van der Waals surface area contributed by atoms with Crippen molar-refractivity contribution < 1.29 is 47.9 Å². The lowest BCUT2D eigenvalue weighted by Crippen LogP contribution is -2.61. The summed E-state index contributed by atoms with van der Waals surface area (Å²) in [6.07, 6.45) is 5.26. The molecule has 11 amide bonds. The van der Waals surface area contributed by atoms with Crippen molar-refractivity contribution in [3.05, 3.63) is 90.1 Å². The third-order valence-electron chi connectivity index (χ3n) is 13.3. The molecule has 6 rings (SSSR count). The Morgan fingerprint density at radius 2 is 1.38 bits per heavy atom. The van der Waals surface area contributed by atoms with Gasteiger partial charge in [-0.25, -0.2) is 14.7 Å². The highest BCUT2D eigenvalue weighted by Crippen LogP contribution is 2.26. The summed E-state index contributed by atoms with van der Waals surface area (Å²) in [4.78, 5) is 156. The molecule has 0 bridgehead atoms. The average Bonchev–Trinajstić information content (AvgIpc) is 4.14. The molecule has 2 aromatic heterocycles. The maximum absolute atomic E-state index is 14.7. The number of nitrogens with zero attached hydrogens (tertiary/aromatic N) is 3. The summed E-state index contributed by atoms with van der Waals surface area (Å²) in [5.74, 6) is -8.10. The second-order valence-corrected chi connectivity index (χ2v) is 22.5. The lowest BCUT2D eigenvalue weighted by atomic mass is 10.0. The molecule has 4 aromatic rings. The number of hydrogen-bond acceptors (Lipinski definition) is 14. The van der Waals surface area contributed by atoms with E-state index in [4.69, 9.17) is 17.2 Å². The largest absolute Gasteiger partial charge is 0.370 e. The number of unbranched alkanes of at least 4 members (excludes halogenated alkanes) is 1. The molecule has 2 saturated heterocycles. The monoisotopic (exact) mass is 1140 g/mol. The van der Waals surface area contributed by atoms with Gasteiger partial charge in [0.15, 0.2) is 5.96 Å². The molecule has 2 aliphatic heterocycles. The minimum atomic E-state index is -1.46. The van der Waals surface area contributed by atoms with Crippen molar-refractivity contribution in [1.82, 2.24) is 62.4 Å². The molecule has 80 heavy (non-hydrogen) atoms. The number of hydrogen-bond donors (Lipinski definition) is 13. The summed E-state index contributed by atoms with van der Waals surface area (Å²) in [6, 6.07) is 4.04. The van der Waals surface area contributed by atoms with Crippen LogP contribution in [0, 0.1) is 0 Å². The number of aliphatic imine (C=N–C) groups is 1. The summed E-state index contributed by atoms with van der Waals surface area (Å²) in [7, 11) is 1.99.